The van der Waals surface area contributed by atoms with E-state index in [0.29, 0.717) is 0 Å². The summed E-state index contributed by atoms with van der Waals surface area (Å²) in [6.07, 6.45) is 2.39. The molecular formula is C16H26N2O. The molecule has 106 valence electrons. The summed E-state index contributed by atoms with van der Waals surface area (Å²) < 4.78 is 5.79. The van der Waals surface area contributed by atoms with Gasteiger partial charge in [-0.1, -0.05) is 25.1 Å². The van der Waals surface area contributed by atoms with Crippen LogP contribution >= 0.6 is 0 Å². The molecule has 1 heterocycles. The van der Waals surface area contributed by atoms with E-state index in [0.717, 1.165) is 32.0 Å². The second-order valence-electron chi connectivity index (χ2n) is 5.63. The summed E-state index contributed by atoms with van der Waals surface area (Å²) in [6, 6.07) is 10.1. The van der Waals surface area contributed by atoms with Crippen LogP contribution in [0.4, 0.5) is 0 Å². The maximum atomic E-state index is 5.79. The summed E-state index contributed by atoms with van der Waals surface area (Å²) >= 11 is 0. The van der Waals surface area contributed by atoms with Crippen molar-refractivity contribution in [3.05, 3.63) is 30.3 Å². The van der Waals surface area contributed by atoms with Crippen molar-refractivity contribution in [1.29, 1.82) is 0 Å². The zero-order valence-electron chi connectivity index (χ0n) is 12.2. The number of para-hydroxylation sites is 1. The molecule has 1 atom stereocenters. The SMILES string of the molecule is CCC1(C)CN(CCOc2ccccc2)CCCN1. The topological polar surface area (TPSA) is 24.5 Å². The maximum Gasteiger partial charge on any atom is 0.119 e. The van der Waals surface area contributed by atoms with Crippen molar-refractivity contribution in [1.82, 2.24) is 10.2 Å². The van der Waals surface area contributed by atoms with Gasteiger partial charge in [-0.2, -0.15) is 0 Å². The molecule has 19 heavy (non-hydrogen) atoms. The van der Waals surface area contributed by atoms with Crippen LogP contribution in [0.3, 0.4) is 0 Å². The first-order valence-electron chi connectivity index (χ1n) is 7.37. The molecule has 0 spiro atoms. The molecule has 1 aromatic carbocycles. The van der Waals surface area contributed by atoms with Crippen LogP contribution in [0.25, 0.3) is 0 Å². The zero-order chi connectivity index (χ0) is 13.6. The number of hydrogen-bond donors (Lipinski definition) is 1. The lowest BCUT2D eigenvalue weighted by Gasteiger charge is -2.32. The Hall–Kier alpha value is -1.06. The Morgan fingerprint density at radius 2 is 2.11 bits per heavy atom. The molecule has 0 bridgehead atoms. The van der Waals surface area contributed by atoms with Gasteiger partial charge >= 0.3 is 0 Å². The van der Waals surface area contributed by atoms with E-state index in [1.807, 2.05) is 30.3 Å². The highest BCUT2D eigenvalue weighted by Gasteiger charge is 2.26. The molecule has 0 aliphatic carbocycles. The number of ether oxygens (including phenoxy) is 1. The Bertz CT molecular complexity index is 368. The molecule has 1 aromatic rings. The molecule has 3 heteroatoms. The molecule has 1 aliphatic heterocycles. The Balaban J connectivity index is 1.78. The van der Waals surface area contributed by atoms with Gasteiger partial charge in [0, 0.05) is 18.6 Å². The van der Waals surface area contributed by atoms with Gasteiger partial charge in [0.05, 0.1) is 0 Å². The second-order valence-corrected chi connectivity index (χ2v) is 5.63. The molecule has 0 aromatic heterocycles. The Kier molecular flexibility index (Phi) is 5.23. The van der Waals surface area contributed by atoms with Gasteiger partial charge < -0.3 is 10.1 Å². The lowest BCUT2D eigenvalue weighted by atomic mass is 9.99. The van der Waals surface area contributed by atoms with Crippen molar-refractivity contribution in [2.75, 3.05) is 32.8 Å². The molecule has 2 rings (SSSR count). The van der Waals surface area contributed by atoms with E-state index in [1.165, 1.54) is 19.4 Å². The van der Waals surface area contributed by atoms with Gasteiger partial charge in [-0.15, -0.1) is 0 Å². The average Bonchev–Trinajstić information content (AvgIpc) is 2.63. The van der Waals surface area contributed by atoms with Crippen LogP contribution in [-0.4, -0.2) is 43.2 Å². The highest BCUT2D eigenvalue weighted by atomic mass is 16.5. The zero-order valence-corrected chi connectivity index (χ0v) is 12.2. The molecule has 0 saturated carbocycles. The molecular weight excluding hydrogens is 236 g/mol. The third-order valence-corrected chi connectivity index (χ3v) is 3.98. The summed E-state index contributed by atoms with van der Waals surface area (Å²) in [5, 5.41) is 3.66. The van der Waals surface area contributed by atoms with Crippen molar-refractivity contribution in [2.24, 2.45) is 0 Å². The van der Waals surface area contributed by atoms with Gasteiger partial charge in [0.15, 0.2) is 0 Å². The van der Waals surface area contributed by atoms with Crippen molar-refractivity contribution >= 4 is 0 Å². The standard InChI is InChI=1S/C16H26N2O/c1-3-16(2)14-18(11-7-10-17-16)12-13-19-15-8-5-4-6-9-15/h4-6,8-9,17H,3,7,10-14H2,1-2H3. The molecule has 1 fully saturated rings. The van der Waals surface area contributed by atoms with Crippen LogP contribution in [0.5, 0.6) is 5.75 Å². The fourth-order valence-electron chi connectivity index (χ4n) is 2.56. The number of benzene rings is 1. The minimum Gasteiger partial charge on any atom is -0.492 e. The van der Waals surface area contributed by atoms with Crippen LogP contribution < -0.4 is 10.1 Å². The summed E-state index contributed by atoms with van der Waals surface area (Å²) in [5.74, 6) is 0.966. The molecule has 1 unspecified atom stereocenters. The first-order valence-corrected chi connectivity index (χ1v) is 7.37. The van der Waals surface area contributed by atoms with Gasteiger partial charge in [0.2, 0.25) is 0 Å². The van der Waals surface area contributed by atoms with Gasteiger partial charge in [-0.25, -0.2) is 0 Å². The van der Waals surface area contributed by atoms with E-state index in [-0.39, 0.29) is 5.54 Å². The molecule has 1 aliphatic rings. The molecule has 0 amide bonds. The van der Waals surface area contributed by atoms with Crippen LogP contribution in [-0.2, 0) is 0 Å². The van der Waals surface area contributed by atoms with E-state index < -0.39 is 0 Å². The minimum absolute atomic E-state index is 0.253. The van der Waals surface area contributed by atoms with E-state index in [4.69, 9.17) is 4.74 Å². The predicted molar refractivity (Wildman–Crippen MR) is 79.7 cm³/mol. The largest absolute Gasteiger partial charge is 0.492 e. The quantitative estimate of drug-likeness (QED) is 0.882. The first-order chi connectivity index (χ1) is 9.22. The Labute approximate surface area is 116 Å². The maximum absolute atomic E-state index is 5.79. The van der Waals surface area contributed by atoms with Crippen LogP contribution in [0, 0.1) is 0 Å². The van der Waals surface area contributed by atoms with Gasteiger partial charge in [-0.05, 0) is 45.0 Å². The third kappa shape index (κ3) is 4.51. The van der Waals surface area contributed by atoms with E-state index in [1.54, 1.807) is 0 Å². The normalized spacial score (nSPS) is 24.9. The van der Waals surface area contributed by atoms with E-state index >= 15 is 0 Å². The van der Waals surface area contributed by atoms with Gasteiger partial charge in [0.1, 0.15) is 12.4 Å². The van der Waals surface area contributed by atoms with Crippen molar-refractivity contribution in [3.63, 3.8) is 0 Å². The second kappa shape index (κ2) is 6.92. The number of hydrogen-bond acceptors (Lipinski definition) is 3. The van der Waals surface area contributed by atoms with Crippen molar-refractivity contribution in [3.8, 4) is 5.75 Å². The summed E-state index contributed by atoms with van der Waals surface area (Å²) in [7, 11) is 0. The van der Waals surface area contributed by atoms with Crippen molar-refractivity contribution < 1.29 is 4.74 Å². The van der Waals surface area contributed by atoms with Gasteiger partial charge in [0.25, 0.3) is 0 Å². The number of rotatable bonds is 5. The van der Waals surface area contributed by atoms with Crippen LogP contribution in [0.15, 0.2) is 30.3 Å². The van der Waals surface area contributed by atoms with Crippen LogP contribution in [0.1, 0.15) is 26.7 Å². The highest BCUT2D eigenvalue weighted by molar-refractivity contribution is 5.20. The molecule has 3 nitrogen and oxygen atoms in total. The first kappa shape index (κ1) is 14.4. The lowest BCUT2D eigenvalue weighted by Crippen LogP contribution is -2.49. The predicted octanol–water partition coefficient (Wildman–Crippen LogP) is 2.53. The molecule has 1 N–H and O–H groups in total. The summed E-state index contributed by atoms with van der Waals surface area (Å²) in [5.41, 5.74) is 0.253. The van der Waals surface area contributed by atoms with Crippen molar-refractivity contribution in [2.45, 2.75) is 32.2 Å². The van der Waals surface area contributed by atoms with E-state index in [9.17, 15) is 0 Å². The molecule has 1 saturated heterocycles. The lowest BCUT2D eigenvalue weighted by molar-refractivity contribution is 0.178. The Morgan fingerprint density at radius 1 is 1.32 bits per heavy atom. The molecule has 0 radical (unpaired) electrons. The Morgan fingerprint density at radius 3 is 2.84 bits per heavy atom. The highest BCUT2D eigenvalue weighted by Crippen LogP contribution is 2.15. The summed E-state index contributed by atoms with van der Waals surface area (Å²) in [4.78, 5) is 2.52. The van der Waals surface area contributed by atoms with Gasteiger partial charge in [-0.3, -0.25) is 4.90 Å². The number of nitrogens with zero attached hydrogens (tertiary/aromatic N) is 1. The summed E-state index contributed by atoms with van der Waals surface area (Å²) in [6.45, 7) is 9.76. The minimum atomic E-state index is 0.253. The van der Waals surface area contributed by atoms with E-state index in [2.05, 4.69) is 24.1 Å². The average molecular weight is 262 g/mol. The third-order valence-electron chi connectivity index (χ3n) is 3.98. The fraction of sp³-hybridized carbons (Fsp3) is 0.625. The fourth-order valence-corrected chi connectivity index (χ4v) is 2.56. The van der Waals surface area contributed by atoms with Crippen LogP contribution in [0.2, 0.25) is 0 Å². The smallest absolute Gasteiger partial charge is 0.119 e. The number of nitrogens with one attached hydrogen (secondary N) is 1. The monoisotopic (exact) mass is 262 g/mol.